The van der Waals surface area contributed by atoms with Gasteiger partial charge in [0.15, 0.2) is 0 Å². The third-order valence-corrected chi connectivity index (χ3v) is 3.28. The molecule has 2 N–H and O–H groups in total. The van der Waals surface area contributed by atoms with Gasteiger partial charge in [0.25, 0.3) is 0 Å². The van der Waals surface area contributed by atoms with E-state index in [1.807, 2.05) is 31.2 Å². The zero-order valence-corrected chi connectivity index (χ0v) is 12.2. The van der Waals surface area contributed by atoms with Gasteiger partial charge in [-0.1, -0.05) is 23.6 Å². The molecule has 0 aliphatic heterocycles. The average Bonchev–Trinajstić information content (AvgIpc) is 2.96. The van der Waals surface area contributed by atoms with Crippen LogP contribution in [0.5, 0.6) is 0 Å². The second kappa shape index (κ2) is 6.07. The molecule has 3 aromatic rings. The lowest BCUT2D eigenvalue weighted by Crippen LogP contribution is -2.11. The predicted molar refractivity (Wildman–Crippen MR) is 81.7 cm³/mol. The molecular formula is C14H14ClN5O. The van der Waals surface area contributed by atoms with Crippen molar-refractivity contribution in [3.05, 3.63) is 41.4 Å². The van der Waals surface area contributed by atoms with Gasteiger partial charge >= 0.3 is 6.01 Å². The summed E-state index contributed by atoms with van der Waals surface area (Å²) in [5, 5.41) is 15.7. The molecule has 0 spiro atoms. The third-order valence-electron chi connectivity index (χ3n) is 2.95. The van der Waals surface area contributed by atoms with Gasteiger partial charge in [-0.05, 0) is 30.8 Å². The van der Waals surface area contributed by atoms with Crippen LogP contribution in [0.3, 0.4) is 0 Å². The zero-order valence-electron chi connectivity index (χ0n) is 11.4. The minimum Gasteiger partial charge on any atom is -0.406 e. The van der Waals surface area contributed by atoms with Gasteiger partial charge in [0, 0.05) is 11.6 Å². The summed E-state index contributed by atoms with van der Waals surface area (Å²) in [4.78, 5) is 4.35. The maximum absolute atomic E-state index is 6.17. The molecule has 3 rings (SSSR count). The van der Waals surface area contributed by atoms with Crippen LogP contribution in [0.2, 0.25) is 5.02 Å². The SMILES string of the molecule is CCNCc1nnc(Nc2ccc(Cl)c3cccnc23)o1. The number of halogens is 1. The smallest absolute Gasteiger partial charge is 0.320 e. The van der Waals surface area contributed by atoms with Crippen LogP contribution < -0.4 is 10.6 Å². The Morgan fingerprint density at radius 3 is 3.00 bits per heavy atom. The molecule has 0 atom stereocenters. The first kappa shape index (κ1) is 13.8. The number of nitrogens with one attached hydrogen (secondary N) is 2. The Balaban J connectivity index is 1.88. The van der Waals surface area contributed by atoms with E-state index in [-0.39, 0.29) is 0 Å². The molecule has 21 heavy (non-hydrogen) atoms. The summed E-state index contributed by atoms with van der Waals surface area (Å²) < 4.78 is 5.51. The predicted octanol–water partition coefficient (Wildman–Crippen LogP) is 3.12. The average molecular weight is 304 g/mol. The maximum atomic E-state index is 6.17. The molecule has 0 bridgehead atoms. The highest BCUT2D eigenvalue weighted by Gasteiger charge is 2.10. The van der Waals surface area contributed by atoms with Crippen molar-refractivity contribution in [1.29, 1.82) is 0 Å². The standard InChI is InChI=1S/C14H14ClN5O/c1-2-16-8-12-19-20-14(21-12)18-11-6-5-10(15)9-4-3-7-17-13(9)11/h3-7,16H,2,8H2,1H3,(H,18,20). The van der Waals surface area contributed by atoms with Crippen LogP contribution in [0.25, 0.3) is 10.9 Å². The van der Waals surface area contributed by atoms with Crippen molar-refractivity contribution in [2.45, 2.75) is 13.5 Å². The maximum Gasteiger partial charge on any atom is 0.320 e. The zero-order chi connectivity index (χ0) is 14.7. The molecule has 2 heterocycles. The lowest BCUT2D eigenvalue weighted by Gasteiger charge is -2.06. The van der Waals surface area contributed by atoms with Crippen molar-refractivity contribution in [3.63, 3.8) is 0 Å². The van der Waals surface area contributed by atoms with Crippen molar-refractivity contribution in [2.75, 3.05) is 11.9 Å². The van der Waals surface area contributed by atoms with Crippen LogP contribution in [-0.4, -0.2) is 21.7 Å². The highest BCUT2D eigenvalue weighted by atomic mass is 35.5. The molecule has 0 unspecified atom stereocenters. The number of hydrogen-bond donors (Lipinski definition) is 2. The fourth-order valence-electron chi connectivity index (χ4n) is 1.96. The number of benzene rings is 1. The number of nitrogens with zero attached hydrogens (tertiary/aromatic N) is 3. The first-order chi connectivity index (χ1) is 10.3. The molecular weight excluding hydrogens is 290 g/mol. The van der Waals surface area contributed by atoms with E-state index in [2.05, 4.69) is 25.8 Å². The van der Waals surface area contributed by atoms with Crippen LogP contribution in [-0.2, 0) is 6.54 Å². The third kappa shape index (κ3) is 2.96. The van der Waals surface area contributed by atoms with E-state index in [0.29, 0.717) is 23.5 Å². The number of pyridine rings is 1. The largest absolute Gasteiger partial charge is 0.406 e. The molecule has 0 saturated carbocycles. The molecule has 0 fully saturated rings. The normalized spacial score (nSPS) is 11.0. The minimum atomic E-state index is 0.331. The monoisotopic (exact) mass is 303 g/mol. The Morgan fingerprint density at radius 2 is 2.14 bits per heavy atom. The summed E-state index contributed by atoms with van der Waals surface area (Å²) in [6.07, 6.45) is 1.72. The Bertz CT molecular complexity index is 758. The number of fused-ring (bicyclic) bond motifs is 1. The van der Waals surface area contributed by atoms with Crippen molar-refractivity contribution >= 4 is 34.2 Å². The molecule has 108 valence electrons. The minimum absolute atomic E-state index is 0.331. The van der Waals surface area contributed by atoms with Gasteiger partial charge in [-0.25, -0.2) is 0 Å². The summed E-state index contributed by atoms with van der Waals surface area (Å²) in [5.41, 5.74) is 1.53. The molecule has 7 heteroatoms. The highest BCUT2D eigenvalue weighted by molar-refractivity contribution is 6.35. The first-order valence-electron chi connectivity index (χ1n) is 6.61. The number of rotatable bonds is 5. The van der Waals surface area contributed by atoms with Crippen LogP contribution >= 0.6 is 11.6 Å². The van der Waals surface area contributed by atoms with Crippen LogP contribution in [0.15, 0.2) is 34.9 Å². The van der Waals surface area contributed by atoms with Gasteiger partial charge in [-0.2, -0.15) is 0 Å². The second-order valence-electron chi connectivity index (χ2n) is 4.40. The summed E-state index contributed by atoms with van der Waals surface area (Å²) in [6, 6.07) is 7.74. The number of aromatic nitrogens is 3. The molecule has 1 aromatic carbocycles. The molecule has 0 amide bonds. The summed E-state index contributed by atoms with van der Waals surface area (Å²) in [6.45, 7) is 3.41. The molecule has 0 saturated heterocycles. The molecule has 6 nitrogen and oxygen atoms in total. The quantitative estimate of drug-likeness (QED) is 0.754. The molecule has 0 aliphatic carbocycles. The van der Waals surface area contributed by atoms with E-state index in [4.69, 9.17) is 16.0 Å². The molecule has 2 aromatic heterocycles. The Labute approximate surface area is 126 Å². The van der Waals surface area contributed by atoms with Gasteiger partial charge in [0.1, 0.15) is 0 Å². The molecule has 0 radical (unpaired) electrons. The van der Waals surface area contributed by atoms with Crippen molar-refractivity contribution < 1.29 is 4.42 Å². The van der Waals surface area contributed by atoms with Crippen molar-refractivity contribution in [1.82, 2.24) is 20.5 Å². The van der Waals surface area contributed by atoms with Gasteiger partial charge in [-0.15, -0.1) is 5.10 Å². The van der Waals surface area contributed by atoms with E-state index in [1.165, 1.54) is 0 Å². The van der Waals surface area contributed by atoms with Gasteiger partial charge in [0.2, 0.25) is 5.89 Å². The van der Waals surface area contributed by atoms with E-state index >= 15 is 0 Å². The topological polar surface area (TPSA) is 75.9 Å². The van der Waals surface area contributed by atoms with Gasteiger partial charge in [0.05, 0.1) is 22.8 Å². The van der Waals surface area contributed by atoms with Gasteiger partial charge in [-0.3, -0.25) is 4.98 Å². The lowest BCUT2D eigenvalue weighted by molar-refractivity contribution is 0.484. The first-order valence-corrected chi connectivity index (χ1v) is 6.99. The van der Waals surface area contributed by atoms with Crippen molar-refractivity contribution in [2.24, 2.45) is 0 Å². The Kier molecular flexibility index (Phi) is 3.98. The van der Waals surface area contributed by atoms with Gasteiger partial charge < -0.3 is 15.1 Å². The van der Waals surface area contributed by atoms with E-state index in [0.717, 1.165) is 23.1 Å². The van der Waals surface area contributed by atoms with E-state index < -0.39 is 0 Å². The Hall–Kier alpha value is -2.18. The fraction of sp³-hybridized carbons (Fsp3) is 0.214. The van der Waals surface area contributed by atoms with E-state index in [9.17, 15) is 0 Å². The lowest BCUT2D eigenvalue weighted by atomic mass is 10.2. The Morgan fingerprint density at radius 1 is 1.24 bits per heavy atom. The number of anilines is 2. The second-order valence-corrected chi connectivity index (χ2v) is 4.81. The fourth-order valence-corrected chi connectivity index (χ4v) is 2.18. The summed E-state index contributed by atoms with van der Waals surface area (Å²) in [7, 11) is 0. The van der Waals surface area contributed by atoms with Crippen LogP contribution in [0.4, 0.5) is 11.7 Å². The van der Waals surface area contributed by atoms with Crippen molar-refractivity contribution in [3.8, 4) is 0 Å². The van der Waals surface area contributed by atoms with Crippen LogP contribution in [0.1, 0.15) is 12.8 Å². The molecule has 0 aliphatic rings. The summed E-state index contributed by atoms with van der Waals surface area (Å²) in [5.74, 6) is 0.533. The number of hydrogen-bond acceptors (Lipinski definition) is 6. The van der Waals surface area contributed by atoms with E-state index in [1.54, 1.807) is 6.20 Å². The van der Waals surface area contributed by atoms with Crippen LogP contribution in [0, 0.1) is 0 Å². The highest BCUT2D eigenvalue weighted by Crippen LogP contribution is 2.29. The summed E-state index contributed by atoms with van der Waals surface area (Å²) >= 11 is 6.17.